The van der Waals surface area contributed by atoms with E-state index in [9.17, 15) is 13.2 Å². The van der Waals surface area contributed by atoms with Crippen LogP contribution in [-0.4, -0.2) is 56.0 Å². The summed E-state index contributed by atoms with van der Waals surface area (Å²) >= 11 is 0. The molecule has 1 N–H and O–H groups in total. The van der Waals surface area contributed by atoms with Crippen LogP contribution in [0.25, 0.3) is 0 Å². The topological polar surface area (TPSA) is 91.8 Å². The number of nitrogens with one attached hydrogen (secondary N) is 1. The molecule has 1 aliphatic heterocycles. The highest BCUT2D eigenvalue weighted by molar-refractivity contribution is 7.90. The molecule has 1 saturated heterocycles. The molecule has 0 spiro atoms. The van der Waals surface area contributed by atoms with Crippen LogP contribution in [0.1, 0.15) is 29.8 Å². The first kappa shape index (κ1) is 24.1. The van der Waals surface area contributed by atoms with Crippen LogP contribution in [-0.2, 0) is 21.5 Å². The lowest BCUT2D eigenvalue weighted by Crippen LogP contribution is -2.58. The Kier molecular flexibility index (Phi) is 8.19. The molecule has 0 bridgehead atoms. The molecule has 1 fully saturated rings. The Morgan fingerprint density at radius 3 is 2.37 bits per heavy atom. The van der Waals surface area contributed by atoms with E-state index in [4.69, 9.17) is 4.74 Å². The first-order chi connectivity index (χ1) is 13.8. The van der Waals surface area contributed by atoms with Gasteiger partial charge >= 0.3 is 16.2 Å². The zero-order valence-corrected chi connectivity index (χ0v) is 18.8. The fraction of sp³-hybridized carbons (Fsp3) is 0.400. The Balaban J connectivity index is 0.00000320. The second kappa shape index (κ2) is 10.2. The van der Waals surface area contributed by atoms with Gasteiger partial charge in [-0.25, -0.2) is 4.79 Å². The Bertz CT molecular complexity index is 931. The monoisotopic (exact) mass is 454 g/mol. The van der Waals surface area contributed by atoms with Crippen LogP contribution in [0, 0.1) is 0 Å². The fourth-order valence-corrected chi connectivity index (χ4v) is 5.23. The summed E-state index contributed by atoms with van der Waals surface area (Å²) in [6.07, 6.45) is 3.14. The lowest BCUT2D eigenvalue weighted by Gasteiger charge is -2.38. The molecule has 1 aromatic heterocycles. The van der Waals surface area contributed by atoms with E-state index in [1.807, 2.05) is 13.8 Å². The molecule has 1 aliphatic rings. The largest absolute Gasteiger partial charge is 0.465 e. The number of hydrogen-bond acceptors (Lipinski definition) is 6. The lowest BCUT2D eigenvalue weighted by molar-refractivity contribution is 0.0600. The number of methoxy groups -OCH3 is 1. The van der Waals surface area contributed by atoms with Gasteiger partial charge in [-0.1, -0.05) is 12.1 Å². The third kappa shape index (κ3) is 5.48. The number of benzene rings is 1. The maximum absolute atomic E-state index is 13.5. The van der Waals surface area contributed by atoms with Gasteiger partial charge in [-0.15, -0.1) is 12.4 Å². The van der Waals surface area contributed by atoms with Gasteiger partial charge in [0.15, 0.2) is 0 Å². The Morgan fingerprint density at radius 1 is 1.20 bits per heavy atom. The predicted molar refractivity (Wildman–Crippen MR) is 118 cm³/mol. The zero-order valence-electron chi connectivity index (χ0n) is 17.2. The molecule has 2 aromatic rings. The van der Waals surface area contributed by atoms with Crippen molar-refractivity contribution in [3.05, 3.63) is 59.9 Å². The van der Waals surface area contributed by atoms with Gasteiger partial charge in [0, 0.05) is 31.4 Å². The maximum atomic E-state index is 13.5. The molecule has 10 heteroatoms. The van der Waals surface area contributed by atoms with Crippen LogP contribution in [0.3, 0.4) is 0 Å². The van der Waals surface area contributed by atoms with Crippen molar-refractivity contribution < 1.29 is 17.9 Å². The third-order valence-electron chi connectivity index (χ3n) is 4.76. The molecule has 30 heavy (non-hydrogen) atoms. The highest BCUT2D eigenvalue weighted by atomic mass is 35.5. The number of nitrogens with zero attached hydrogens (tertiary/aromatic N) is 3. The number of ether oxygens (including phenoxy) is 1. The van der Waals surface area contributed by atoms with Gasteiger partial charge in [0.2, 0.25) is 0 Å². The molecule has 2 heterocycles. The number of rotatable bonds is 6. The number of aromatic nitrogens is 1. The summed E-state index contributed by atoms with van der Waals surface area (Å²) < 4.78 is 34.6. The van der Waals surface area contributed by atoms with E-state index in [2.05, 4.69) is 10.3 Å². The van der Waals surface area contributed by atoms with Crippen LogP contribution in [0.2, 0.25) is 0 Å². The van der Waals surface area contributed by atoms with Crippen LogP contribution in [0.4, 0.5) is 5.69 Å². The van der Waals surface area contributed by atoms with Gasteiger partial charge in [0.25, 0.3) is 0 Å². The van der Waals surface area contributed by atoms with Crippen molar-refractivity contribution in [2.45, 2.75) is 32.5 Å². The Hall–Kier alpha value is -2.20. The number of esters is 1. The number of halogens is 1. The summed E-state index contributed by atoms with van der Waals surface area (Å²) in [4.78, 5) is 15.7. The predicted octanol–water partition coefficient (Wildman–Crippen LogP) is 2.22. The highest BCUT2D eigenvalue weighted by Crippen LogP contribution is 2.24. The summed E-state index contributed by atoms with van der Waals surface area (Å²) in [5.74, 6) is -0.433. The normalized spacial score (nSPS) is 19.6. The van der Waals surface area contributed by atoms with Gasteiger partial charge in [-0.05, 0) is 43.7 Å². The quantitative estimate of drug-likeness (QED) is 0.673. The molecule has 0 saturated carbocycles. The van der Waals surface area contributed by atoms with Crippen molar-refractivity contribution in [2.24, 2.45) is 0 Å². The molecular formula is C20H27ClN4O4S. The van der Waals surface area contributed by atoms with Gasteiger partial charge in [-0.2, -0.15) is 12.7 Å². The molecule has 0 aliphatic carbocycles. The first-order valence-corrected chi connectivity index (χ1v) is 10.8. The number of anilines is 1. The maximum Gasteiger partial charge on any atom is 0.337 e. The molecule has 1 aromatic carbocycles. The smallest absolute Gasteiger partial charge is 0.337 e. The van der Waals surface area contributed by atoms with E-state index in [1.165, 1.54) is 21.9 Å². The van der Waals surface area contributed by atoms with Crippen molar-refractivity contribution in [2.75, 3.05) is 24.5 Å². The molecular weight excluding hydrogens is 428 g/mol. The molecule has 0 radical (unpaired) electrons. The van der Waals surface area contributed by atoms with Crippen molar-refractivity contribution in [3.8, 4) is 0 Å². The van der Waals surface area contributed by atoms with Gasteiger partial charge in [0.05, 0.1) is 31.1 Å². The van der Waals surface area contributed by atoms with Gasteiger partial charge in [-0.3, -0.25) is 9.29 Å². The van der Waals surface area contributed by atoms with Crippen molar-refractivity contribution in [1.82, 2.24) is 14.6 Å². The molecule has 3 rings (SSSR count). The average Bonchev–Trinajstić information content (AvgIpc) is 2.71. The molecule has 0 amide bonds. The standard InChI is InChI=1S/C20H26N4O4S.ClH/c1-15-12-23(13-16(2)22-15)29(26,27)24(19-5-4-10-21-11-19)14-17-6-8-18(9-7-17)20(25)28-3;/h4-11,15-16,22H,12-14H2,1-3H3;1H/t15-,16+;. The van der Waals surface area contributed by atoms with Crippen LogP contribution >= 0.6 is 12.4 Å². The van der Waals surface area contributed by atoms with Crippen molar-refractivity contribution in [1.29, 1.82) is 0 Å². The lowest BCUT2D eigenvalue weighted by atomic mass is 10.1. The van der Waals surface area contributed by atoms with Crippen molar-refractivity contribution in [3.63, 3.8) is 0 Å². The average molecular weight is 455 g/mol. The minimum atomic E-state index is -3.78. The SMILES string of the molecule is COC(=O)c1ccc(CN(c2cccnc2)S(=O)(=O)N2C[C@@H](C)N[C@@H](C)C2)cc1.Cl. The van der Waals surface area contributed by atoms with Gasteiger partial charge in [0.1, 0.15) is 0 Å². The summed E-state index contributed by atoms with van der Waals surface area (Å²) in [5, 5.41) is 3.35. The second-order valence-electron chi connectivity index (χ2n) is 7.20. The number of carbonyl (C=O) groups is 1. The number of piperazine rings is 1. The number of carbonyl (C=O) groups excluding carboxylic acids is 1. The Labute approximate surface area is 183 Å². The summed E-state index contributed by atoms with van der Waals surface area (Å²) in [7, 11) is -2.46. The van der Waals surface area contributed by atoms with E-state index in [1.54, 1.807) is 42.6 Å². The van der Waals surface area contributed by atoms with Crippen LogP contribution in [0.15, 0.2) is 48.8 Å². The Morgan fingerprint density at radius 2 is 1.83 bits per heavy atom. The molecule has 0 unspecified atom stereocenters. The fourth-order valence-electron chi connectivity index (χ4n) is 3.44. The number of pyridine rings is 1. The molecule has 2 atom stereocenters. The van der Waals surface area contributed by atoms with Gasteiger partial charge < -0.3 is 10.1 Å². The van der Waals surface area contributed by atoms with Crippen molar-refractivity contribution >= 4 is 34.3 Å². The number of hydrogen-bond donors (Lipinski definition) is 1. The summed E-state index contributed by atoms with van der Waals surface area (Å²) in [6, 6.07) is 10.3. The van der Waals surface area contributed by atoms with E-state index < -0.39 is 16.2 Å². The first-order valence-electron chi connectivity index (χ1n) is 9.42. The summed E-state index contributed by atoms with van der Waals surface area (Å²) in [6.45, 7) is 4.86. The zero-order chi connectivity index (χ0) is 21.0. The van der Waals surface area contributed by atoms with E-state index in [0.29, 0.717) is 24.3 Å². The second-order valence-corrected chi connectivity index (χ2v) is 9.05. The van der Waals surface area contributed by atoms with E-state index >= 15 is 0 Å². The highest BCUT2D eigenvalue weighted by Gasteiger charge is 2.35. The molecule has 164 valence electrons. The van der Waals surface area contributed by atoms with E-state index in [0.717, 1.165) is 5.56 Å². The summed E-state index contributed by atoms with van der Waals surface area (Å²) in [5.41, 5.74) is 1.65. The van der Waals surface area contributed by atoms with Crippen LogP contribution in [0.5, 0.6) is 0 Å². The third-order valence-corrected chi connectivity index (χ3v) is 6.61. The molecule has 8 nitrogen and oxygen atoms in total. The minimum Gasteiger partial charge on any atom is -0.465 e. The van der Waals surface area contributed by atoms with E-state index in [-0.39, 0.29) is 31.0 Å². The minimum absolute atomic E-state index is 0. The van der Waals surface area contributed by atoms with Crippen LogP contribution < -0.4 is 9.62 Å².